The number of hydrogen-bond acceptors (Lipinski definition) is 16. The van der Waals surface area contributed by atoms with Gasteiger partial charge in [-0.05, 0) is 37.3 Å². The van der Waals surface area contributed by atoms with Crippen LogP contribution >= 0.6 is 0 Å². The Hall–Kier alpha value is -4.46. The van der Waals surface area contributed by atoms with E-state index in [9.17, 15) is 49.8 Å². The van der Waals surface area contributed by atoms with E-state index in [-0.39, 0.29) is 30.7 Å². The molecule has 1 aromatic heterocycles. The second kappa shape index (κ2) is 18.0. The van der Waals surface area contributed by atoms with Gasteiger partial charge in [0.15, 0.2) is 18.5 Å². The molecule has 0 spiro atoms. The van der Waals surface area contributed by atoms with Crippen LogP contribution in [0.1, 0.15) is 72.2 Å². The molecule has 1 aliphatic heterocycles. The molecule has 9 unspecified atom stereocenters. The maximum Gasteiger partial charge on any atom is 0.338 e. The van der Waals surface area contributed by atoms with Gasteiger partial charge in [0, 0.05) is 6.07 Å². The first-order valence-corrected chi connectivity index (χ1v) is 17.5. The summed E-state index contributed by atoms with van der Waals surface area (Å²) in [5, 5.41) is 65.2. The second-order valence-corrected chi connectivity index (χ2v) is 13.5. The number of aliphatic hydroxyl groups is 3. The van der Waals surface area contributed by atoms with Crippen LogP contribution in [0.2, 0.25) is 0 Å². The van der Waals surface area contributed by atoms with Crippen molar-refractivity contribution in [3.8, 4) is 11.9 Å². The van der Waals surface area contributed by atoms with Gasteiger partial charge in [0.25, 0.3) is 5.91 Å². The van der Waals surface area contributed by atoms with Crippen molar-refractivity contribution in [1.82, 2.24) is 15.3 Å². The predicted molar refractivity (Wildman–Crippen MR) is 177 cm³/mol. The minimum atomic E-state index is -1.72. The van der Waals surface area contributed by atoms with Crippen molar-refractivity contribution in [2.45, 2.75) is 106 Å². The summed E-state index contributed by atoms with van der Waals surface area (Å²) in [5.74, 6) is -5.53. The van der Waals surface area contributed by atoms with E-state index in [1.165, 1.54) is 12.1 Å². The van der Waals surface area contributed by atoms with Gasteiger partial charge in [-0.25, -0.2) is 9.59 Å². The molecule has 53 heavy (non-hydrogen) atoms. The number of carboxylic acids is 1. The zero-order chi connectivity index (χ0) is 38.2. The van der Waals surface area contributed by atoms with Crippen molar-refractivity contribution in [1.29, 1.82) is 0 Å². The molecule has 3 aliphatic rings. The molecule has 0 radical (unpaired) electrons. The third-order valence-corrected chi connectivity index (χ3v) is 9.86. The molecule has 2 heterocycles. The number of rotatable bonds is 13. The maximum atomic E-state index is 13.5. The Morgan fingerprint density at radius 2 is 1.70 bits per heavy atom. The molecule has 1 aromatic carbocycles. The average Bonchev–Trinajstić information content (AvgIpc) is 3.14. The molecule has 1 saturated heterocycles. The zero-order valence-corrected chi connectivity index (χ0v) is 28.9. The largest absolute Gasteiger partial charge is 0.493 e. The van der Waals surface area contributed by atoms with E-state index >= 15 is 0 Å². The van der Waals surface area contributed by atoms with Crippen molar-refractivity contribution in [3.63, 3.8) is 0 Å². The van der Waals surface area contributed by atoms with E-state index in [2.05, 4.69) is 15.3 Å². The molecule has 2 saturated carbocycles. The minimum absolute atomic E-state index is 0.0305. The van der Waals surface area contributed by atoms with Crippen LogP contribution in [0.15, 0.2) is 36.4 Å². The van der Waals surface area contributed by atoms with Crippen LogP contribution in [-0.2, 0) is 33.3 Å². The summed E-state index contributed by atoms with van der Waals surface area (Å²) in [5.41, 5.74) is -0.363. The van der Waals surface area contributed by atoms with Crippen LogP contribution in [0.25, 0.3) is 0 Å². The number of nitrogens with one attached hydrogen (secondary N) is 1. The Labute approximate surface area is 304 Å². The lowest BCUT2D eigenvalue weighted by molar-refractivity contribution is -0.328. The smallest absolute Gasteiger partial charge is 0.338 e. The van der Waals surface area contributed by atoms with Crippen LogP contribution in [0, 0.1) is 11.8 Å². The monoisotopic (exact) mass is 747 g/mol. The molecule has 2 aliphatic carbocycles. The molecular formula is C35H45N3O15. The Kier molecular flexibility index (Phi) is 13.5. The lowest BCUT2D eigenvalue weighted by atomic mass is 9.81. The molecule has 7 N–H and O–H groups in total. The van der Waals surface area contributed by atoms with Crippen LogP contribution in [0.5, 0.6) is 11.9 Å². The number of aliphatic hydroxyl groups excluding tert-OH is 3. The molecule has 2 aromatic rings. The summed E-state index contributed by atoms with van der Waals surface area (Å²) >= 11 is 0. The molecule has 10 atom stereocenters. The number of nitrogens with zero attached hydrogens (tertiary/aromatic N) is 2. The lowest BCUT2D eigenvalue weighted by Crippen LogP contribution is -2.64. The van der Waals surface area contributed by atoms with Gasteiger partial charge >= 0.3 is 23.9 Å². The van der Waals surface area contributed by atoms with Gasteiger partial charge in [-0.1, -0.05) is 50.3 Å². The number of aliphatic carboxylic acids is 1. The quantitative estimate of drug-likeness (QED) is 0.137. The third-order valence-electron chi connectivity index (χ3n) is 9.86. The first-order chi connectivity index (χ1) is 25.4. The maximum absolute atomic E-state index is 13.5. The van der Waals surface area contributed by atoms with Crippen LogP contribution in [0.4, 0.5) is 0 Å². The first kappa shape index (κ1) is 39.7. The van der Waals surface area contributed by atoms with Crippen molar-refractivity contribution in [2.24, 2.45) is 11.8 Å². The van der Waals surface area contributed by atoms with E-state index in [4.69, 9.17) is 23.7 Å². The van der Waals surface area contributed by atoms with E-state index < -0.39 is 109 Å². The molecule has 3 fully saturated rings. The third kappa shape index (κ3) is 9.95. The van der Waals surface area contributed by atoms with Gasteiger partial charge in [-0.3, -0.25) is 9.59 Å². The number of methoxy groups -OCH3 is 1. The zero-order valence-electron chi connectivity index (χ0n) is 28.9. The number of carbonyl (C=O) groups is 4. The van der Waals surface area contributed by atoms with Crippen molar-refractivity contribution in [3.05, 3.63) is 47.7 Å². The van der Waals surface area contributed by atoms with Gasteiger partial charge in [0.2, 0.25) is 5.88 Å². The van der Waals surface area contributed by atoms with Gasteiger partial charge in [0.05, 0.1) is 37.3 Å². The van der Waals surface area contributed by atoms with Gasteiger partial charge in [-0.2, -0.15) is 9.97 Å². The number of carbonyl (C=O) groups excluding carboxylic acids is 3. The number of esters is 2. The van der Waals surface area contributed by atoms with Crippen LogP contribution < -0.4 is 5.32 Å². The topological polar surface area (TPSA) is 274 Å². The summed E-state index contributed by atoms with van der Waals surface area (Å²) in [7, 11) is 1.15. The Balaban J connectivity index is 1.45. The molecular weight excluding hydrogens is 702 g/mol. The summed E-state index contributed by atoms with van der Waals surface area (Å²) in [4.78, 5) is 58.7. The highest BCUT2D eigenvalue weighted by molar-refractivity contribution is 5.93. The van der Waals surface area contributed by atoms with Gasteiger partial charge in [-0.15, -0.1) is 0 Å². The van der Waals surface area contributed by atoms with Crippen LogP contribution in [0.3, 0.4) is 0 Å². The first-order valence-electron chi connectivity index (χ1n) is 17.5. The van der Waals surface area contributed by atoms with E-state index in [0.717, 1.165) is 45.3 Å². The molecule has 5 rings (SSSR count). The summed E-state index contributed by atoms with van der Waals surface area (Å²) < 4.78 is 28.9. The van der Waals surface area contributed by atoms with Gasteiger partial charge < -0.3 is 59.6 Å². The highest BCUT2D eigenvalue weighted by Gasteiger charge is 2.53. The Morgan fingerprint density at radius 3 is 2.34 bits per heavy atom. The minimum Gasteiger partial charge on any atom is -0.493 e. The van der Waals surface area contributed by atoms with Crippen molar-refractivity contribution in [2.75, 3.05) is 13.7 Å². The SMILES string of the molecule is COC(=O)C1CC(NC(=O)c2cc(O)nc(O)n2)C(O)C(OC2OC(CO)C(O)C(O[C@@H](CC3CCCCC3)C(=O)O)C2OC(=O)c2ccccc2)C1. The van der Waals surface area contributed by atoms with Crippen LogP contribution in [-0.4, -0.2) is 133 Å². The standard InChI is InChI=1S/C35H45N3O15/c1-49-32(46)19-13-20(36-30(43)21-15-25(40)38-35(48)37-21)26(41)22(14-19)51-34-29(53-33(47)18-10-6-3-7-11-18)28(27(42)24(16-39)52-34)50-23(31(44)45)12-17-8-4-2-5-9-17/h3,6-7,10-11,15,17,19-20,22-24,26-29,34,39,41-42H,2,4-5,8-9,12-14,16H2,1H3,(H,36,43)(H,44,45)(H2,37,38,40,48)/t19?,20?,22?,23-,24?,26?,27?,28?,29?,34?/m0/s1. The lowest BCUT2D eigenvalue weighted by Gasteiger charge is -2.46. The second-order valence-electron chi connectivity index (χ2n) is 13.5. The van der Waals surface area contributed by atoms with Crippen molar-refractivity contribution >= 4 is 23.8 Å². The van der Waals surface area contributed by atoms with E-state index in [1.54, 1.807) is 18.2 Å². The number of aromatic nitrogens is 2. The van der Waals surface area contributed by atoms with Crippen molar-refractivity contribution < 1.29 is 73.5 Å². The van der Waals surface area contributed by atoms with E-state index in [1.807, 2.05) is 0 Å². The molecule has 0 bridgehead atoms. The highest BCUT2D eigenvalue weighted by Crippen LogP contribution is 2.36. The average molecular weight is 748 g/mol. The summed E-state index contributed by atoms with van der Waals surface area (Å²) in [6.07, 6.45) is -8.35. The Morgan fingerprint density at radius 1 is 0.981 bits per heavy atom. The molecule has 290 valence electrons. The number of aromatic hydroxyl groups is 2. The normalized spacial score (nSPS) is 29.8. The fourth-order valence-corrected chi connectivity index (χ4v) is 7.14. The number of carboxylic acid groups (broad SMARTS) is 1. The molecule has 18 nitrogen and oxygen atoms in total. The molecule has 18 heteroatoms. The van der Waals surface area contributed by atoms with Gasteiger partial charge in [0.1, 0.15) is 30.1 Å². The molecule has 1 amide bonds. The predicted octanol–water partition coefficient (Wildman–Crippen LogP) is 0.428. The fourth-order valence-electron chi connectivity index (χ4n) is 7.14. The fraction of sp³-hybridized carbons (Fsp3) is 0.600. The number of ether oxygens (including phenoxy) is 5. The van der Waals surface area contributed by atoms with E-state index in [0.29, 0.717) is 0 Å². The highest BCUT2D eigenvalue weighted by atomic mass is 16.7. The Bertz CT molecular complexity index is 1550. The summed E-state index contributed by atoms with van der Waals surface area (Å²) in [6, 6.07) is 6.52. The number of amides is 1. The number of hydrogen-bond donors (Lipinski definition) is 7. The summed E-state index contributed by atoms with van der Waals surface area (Å²) in [6.45, 7) is -0.796. The number of benzene rings is 1.